The molecule has 0 aromatic carbocycles. The fourth-order valence-corrected chi connectivity index (χ4v) is 13.1. The van der Waals surface area contributed by atoms with Gasteiger partial charge >= 0.3 is 11.9 Å². The number of ketones is 1. The van der Waals surface area contributed by atoms with Crippen LogP contribution in [0.2, 0.25) is 0 Å². The molecule has 0 bridgehead atoms. The SMILES string of the molecule is CC(=O)[C@H](CC(C)C)NC(=O)CNC(=O)[C@H](CCC(N)=O)NC(=O)[C@H](CC(C)C)NC(=O)[C@H](CCC(N)=O)NC(=O)[C@@H]1CCCN1C(=O)[C@H](CO)NC(=O)[C@H](CC(C)C)NC(=O)[C@H](CCC(N)=O)NC(=O)[C@@H](NC(=O)CNC(=O)[C@H](CO)NC(=O)[C@H](CCC(=O)O)NC(=O)[C@H](CCC(=O)O)NC(=O)[C@H](CC(C)C)NC(=O)CNC(=O)[C@@H](N)CSCC(N)=O)[C@@H](C)O. The van der Waals surface area contributed by atoms with E-state index in [1.807, 2.05) is 13.8 Å². The summed E-state index contributed by atoms with van der Waals surface area (Å²) in [6.45, 7) is 10.8. The Kier molecular flexibility index (Phi) is 51.4. The average molecular weight is 1820 g/mol. The average Bonchev–Trinajstić information content (AvgIpc) is 1.65. The number of thioether (sulfide) groups is 1. The van der Waals surface area contributed by atoms with E-state index in [1.165, 1.54) is 6.92 Å². The topological polar surface area (TPSA) is 808 Å². The predicted octanol–water partition coefficient (Wildman–Crippen LogP) is -10.6. The normalized spacial score (nSPS) is 15.7. The first-order valence-electron chi connectivity index (χ1n) is 40.9. The first kappa shape index (κ1) is 112. The van der Waals surface area contributed by atoms with Gasteiger partial charge in [0.15, 0.2) is 5.78 Å². The van der Waals surface area contributed by atoms with E-state index in [9.17, 15) is 136 Å². The van der Waals surface area contributed by atoms with E-state index >= 15 is 0 Å². The molecule has 0 radical (unpaired) electrons. The van der Waals surface area contributed by atoms with Crippen LogP contribution in [0, 0.1) is 23.7 Å². The highest BCUT2D eigenvalue weighted by atomic mass is 32.2. The van der Waals surface area contributed by atoms with E-state index in [1.54, 1.807) is 41.5 Å². The minimum Gasteiger partial charge on any atom is -0.481 e. The second-order valence-electron chi connectivity index (χ2n) is 31.9. The minimum absolute atomic E-state index is 0.0149. The van der Waals surface area contributed by atoms with E-state index in [4.69, 9.17) is 28.7 Å². The van der Waals surface area contributed by atoms with Crippen molar-refractivity contribution in [3.63, 3.8) is 0 Å². The Bertz CT molecular complexity index is 3830. The smallest absolute Gasteiger partial charge is 0.303 e. The number of carboxylic acid groups (broad SMARTS) is 2. The van der Waals surface area contributed by atoms with E-state index < -0.39 is 317 Å². The van der Waals surface area contributed by atoms with Crippen LogP contribution in [0.25, 0.3) is 0 Å². The Morgan fingerprint density at radius 2 is 0.683 bits per heavy atom. The molecule has 50 heteroatoms. The Morgan fingerprint density at radius 1 is 0.373 bits per heavy atom. The van der Waals surface area contributed by atoms with Crippen molar-refractivity contribution in [1.82, 2.24) is 84.7 Å². The number of aliphatic hydroxyl groups is 3. The molecule has 1 aliphatic heterocycles. The van der Waals surface area contributed by atoms with Crippen LogP contribution in [0.4, 0.5) is 0 Å². The fourth-order valence-electron chi connectivity index (χ4n) is 12.3. The van der Waals surface area contributed by atoms with Gasteiger partial charge in [-0.25, -0.2) is 0 Å². The molecule has 49 nitrogen and oxygen atoms in total. The zero-order valence-corrected chi connectivity index (χ0v) is 73.1. The van der Waals surface area contributed by atoms with Gasteiger partial charge < -0.3 is 139 Å². The lowest BCUT2D eigenvalue weighted by Crippen LogP contribution is -2.61. The zero-order chi connectivity index (χ0) is 96.1. The van der Waals surface area contributed by atoms with E-state index in [-0.39, 0.29) is 80.1 Å². The van der Waals surface area contributed by atoms with Crippen molar-refractivity contribution in [2.24, 2.45) is 52.3 Å². The summed E-state index contributed by atoms with van der Waals surface area (Å²) < 4.78 is 0. The summed E-state index contributed by atoms with van der Waals surface area (Å²) in [5.41, 5.74) is 27.1. The Hall–Kier alpha value is -11.8. The number of primary amides is 4. The molecule has 1 rings (SSSR count). The molecule has 0 aliphatic carbocycles. The molecule has 1 aliphatic rings. The number of nitrogens with two attached hydrogens (primary N) is 5. The van der Waals surface area contributed by atoms with Crippen LogP contribution < -0.4 is 108 Å². The Morgan fingerprint density at radius 3 is 1.05 bits per heavy atom. The van der Waals surface area contributed by atoms with Gasteiger partial charge in [-0.1, -0.05) is 55.4 Å². The molecular formula is C76H127N21O28S. The van der Waals surface area contributed by atoms with E-state index in [2.05, 4.69) is 79.8 Å². The lowest BCUT2D eigenvalue weighted by molar-refractivity contribution is -0.143. The van der Waals surface area contributed by atoms with Crippen LogP contribution in [0.3, 0.4) is 0 Å². The molecule has 1 saturated heterocycles. The standard InChI is InChI=1S/C76H127N21O28S/c1-35(2)24-47(39(9)100)85-58(106)29-83-65(114)42(13-18-54(78)102)87-72(121)49(26-37(5)6)92-68(117)43(14-19-55(79)103)90-74(123)53-12-11-23-97(53)76(125)52(32-99)95-73(122)50(27-38(7)8)93-69(118)44(15-20-56(80)104)91-75(124)63(40(10)101)96-60(108)30-84-66(115)51(31-98)94-70(119)46(17-22-62(111)112)88-67(116)45(16-21-61(109)110)89-71(120)48(25-36(3)4)86-59(107)28-82-64(113)41(77)33-126-34-57(81)105/h35-38,40-53,63,98-99,101H,11-34,77H2,1-10H3,(H2,78,102)(H2,79,103)(H2,80,104)(H2,81,105)(H,82,113)(H,83,114)(H,84,115)(H,85,106)(H,86,107)(H,87,121)(H,88,116)(H,89,120)(H,90,123)(H,91,124)(H,92,117)(H,93,118)(H,94,119)(H,95,122)(H,96,108)(H,109,110)(H,111,112)/t40-,41+,42+,43+,44+,45+,46+,47+,48+,49+,50+,51+,52+,53+,63+/m1/s1. The third-order valence-electron chi connectivity index (χ3n) is 18.7. The maximum atomic E-state index is 14.4. The third kappa shape index (κ3) is 44.7. The van der Waals surface area contributed by atoms with Crippen molar-refractivity contribution < 1.29 is 136 Å². The van der Waals surface area contributed by atoms with Crippen molar-refractivity contribution in [1.29, 1.82) is 0 Å². The third-order valence-corrected chi connectivity index (χ3v) is 19.8. The number of likely N-dealkylation sites (tertiary alicyclic amines) is 1. The van der Waals surface area contributed by atoms with Gasteiger partial charge in [-0.3, -0.25) is 110 Å². The fraction of sp³-hybridized carbons (Fsp3) is 0.697. The van der Waals surface area contributed by atoms with Crippen LogP contribution in [-0.4, -0.2) is 308 Å². The molecule has 710 valence electrons. The highest BCUT2D eigenvalue weighted by Gasteiger charge is 2.42. The molecule has 1 fully saturated rings. The highest BCUT2D eigenvalue weighted by Crippen LogP contribution is 2.21. The van der Waals surface area contributed by atoms with Gasteiger partial charge in [-0.2, -0.15) is 0 Å². The van der Waals surface area contributed by atoms with Crippen LogP contribution >= 0.6 is 11.8 Å². The van der Waals surface area contributed by atoms with Crippen molar-refractivity contribution in [3.8, 4) is 0 Å². The number of carbonyl (C=O) groups is 23. The number of aliphatic carboxylic acids is 2. The number of Topliss-reactive ketones (excluding diaryl/α,β-unsaturated/α-hetero) is 1. The number of amides is 20. The second kappa shape index (κ2) is 57.7. The van der Waals surface area contributed by atoms with Crippen molar-refractivity contribution in [3.05, 3.63) is 0 Å². The maximum Gasteiger partial charge on any atom is 0.303 e. The molecule has 15 atom stereocenters. The largest absolute Gasteiger partial charge is 0.481 e. The van der Waals surface area contributed by atoms with Gasteiger partial charge in [0.2, 0.25) is 118 Å². The number of rotatable bonds is 62. The lowest BCUT2D eigenvalue weighted by atomic mass is 10.0. The number of nitrogens with zero attached hydrogens (tertiary/aromatic N) is 1. The van der Waals surface area contributed by atoms with E-state index in [0.29, 0.717) is 6.42 Å². The molecular weight excluding hydrogens is 1690 g/mol. The molecule has 126 heavy (non-hydrogen) atoms. The Labute approximate surface area is 731 Å². The summed E-state index contributed by atoms with van der Waals surface area (Å²) in [6, 6.07) is -22.7. The molecule has 0 spiro atoms. The predicted molar refractivity (Wildman–Crippen MR) is 445 cm³/mol. The maximum absolute atomic E-state index is 14.4. The van der Waals surface area contributed by atoms with Gasteiger partial charge in [0, 0.05) is 44.4 Å². The summed E-state index contributed by atoms with van der Waals surface area (Å²) in [5, 5.41) is 85.6. The molecule has 0 aromatic heterocycles. The van der Waals surface area contributed by atoms with Gasteiger partial charge in [0.05, 0.1) is 56.8 Å². The van der Waals surface area contributed by atoms with Crippen LogP contribution in [0.1, 0.15) is 172 Å². The van der Waals surface area contributed by atoms with Crippen LogP contribution in [-0.2, 0) is 110 Å². The van der Waals surface area contributed by atoms with Gasteiger partial charge in [-0.15, -0.1) is 11.8 Å². The monoisotopic (exact) mass is 1810 g/mol. The molecule has 20 amide bonds. The van der Waals surface area contributed by atoms with Crippen molar-refractivity contribution in [2.45, 2.75) is 263 Å². The number of nitrogens with one attached hydrogen (secondary N) is 15. The highest BCUT2D eigenvalue weighted by molar-refractivity contribution is 8.00. The summed E-state index contributed by atoms with van der Waals surface area (Å²) >= 11 is 0.957. The molecule has 1 heterocycles. The quantitative estimate of drug-likeness (QED) is 0.0269. The molecule has 0 saturated carbocycles. The number of hydrogen-bond donors (Lipinski definition) is 25. The van der Waals surface area contributed by atoms with Crippen LogP contribution in [0.15, 0.2) is 0 Å². The summed E-state index contributed by atoms with van der Waals surface area (Å²) in [5.74, 6) is -25.5. The lowest BCUT2D eigenvalue weighted by Gasteiger charge is -2.31. The summed E-state index contributed by atoms with van der Waals surface area (Å²) in [7, 11) is 0. The Balaban J connectivity index is 3.43. The minimum atomic E-state index is -2.02. The first-order valence-corrected chi connectivity index (χ1v) is 42.0. The van der Waals surface area contributed by atoms with Gasteiger partial charge in [0.25, 0.3) is 0 Å². The molecule has 0 unspecified atom stereocenters. The molecule has 30 N–H and O–H groups in total. The number of hydrogen-bond acceptors (Lipinski definition) is 28. The summed E-state index contributed by atoms with van der Waals surface area (Å²) in [4.78, 5) is 304. The molecule has 0 aromatic rings. The van der Waals surface area contributed by atoms with Crippen molar-refractivity contribution in [2.75, 3.05) is 50.9 Å². The van der Waals surface area contributed by atoms with Crippen molar-refractivity contribution >= 4 is 148 Å². The summed E-state index contributed by atoms with van der Waals surface area (Å²) in [6.07, 6.45) is -7.98. The van der Waals surface area contributed by atoms with E-state index in [0.717, 1.165) is 23.6 Å². The zero-order valence-electron chi connectivity index (χ0n) is 72.3. The second-order valence-corrected chi connectivity index (χ2v) is 32.9. The van der Waals surface area contributed by atoms with Gasteiger partial charge in [0.1, 0.15) is 72.5 Å². The van der Waals surface area contributed by atoms with Gasteiger partial charge in [-0.05, 0) is 108 Å². The number of carbonyl (C=O) groups excluding carboxylic acids is 21. The number of aliphatic hydroxyl groups excluding tert-OH is 3. The first-order chi connectivity index (χ1) is 58.8. The number of carboxylic acids is 2. The van der Waals surface area contributed by atoms with Crippen LogP contribution in [0.5, 0.6) is 0 Å².